The Bertz CT molecular complexity index is 1150. The highest BCUT2D eigenvalue weighted by atomic mass is 16.5. The molecule has 5 rings (SSSR count). The first-order valence-corrected chi connectivity index (χ1v) is 10.3. The molecule has 2 heterocycles. The van der Waals surface area contributed by atoms with Gasteiger partial charge in [0, 0.05) is 17.7 Å². The van der Waals surface area contributed by atoms with Crippen LogP contribution < -0.4 is 10.5 Å². The summed E-state index contributed by atoms with van der Waals surface area (Å²) in [4.78, 5) is 9.28. The van der Waals surface area contributed by atoms with Gasteiger partial charge in [-0.3, -0.25) is 4.40 Å². The van der Waals surface area contributed by atoms with E-state index in [1.807, 2.05) is 65.1 Å². The van der Waals surface area contributed by atoms with Gasteiger partial charge in [0.1, 0.15) is 17.3 Å². The fourth-order valence-electron chi connectivity index (χ4n) is 4.22. The number of nitrogens with zero attached hydrogens (tertiary/aromatic N) is 3. The maximum absolute atomic E-state index is 9.88. The van der Waals surface area contributed by atoms with Crippen molar-refractivity contribution in [1.29, 1.82) is 0 Å². The highest BCUT2D eigenvalue weighted by molar-refractivity contribution is 5.69. The van der Waals surface area contributed by atoms with Crippen LogP contribution in [0.15, 0.2) is 66.9 Å². The molecular formula is C24H24N4O2. The minimum atomic E-state index is -0.196. The average molecular weight is 400 g/mol. The molecule has 0 aliphatic heterocycles. The second-order valence-electron chi connectivity index (χ2n) is 7.79. The minimum Gasteiger partial charge on any atom is -0.457 e. The number of anilines is 1. The summed E-state index contributed by atoms with van der Waals surface area (Å²) < 4.78 is 7.83. The van der Waals surface area contributed by atoms with Gasteiger partial charge in [-0.25, -0.2) is 9.97 Å². The van der Waals surface area contributed by atoms with Crippen molar-refractivity contribution in [2.75, 3.05) is 5.73 Å². The van der Waals surface area contributed by atoms with Crippen LogP contribution in [0.3, 0.4) is 0 Å². The van der Waals surface area contributed by atoms with Crippen molar-refractivity contribution >= 4 is 11.5 Å². The van der Waals surface area contributed by atoms with Crippen LogP contribution in [-0.2, 0) is 0 Å². The Hall–Kier alpha value is -3.38. The van der Waals surface area contributed by atoms with E-state index >= 15 is 0 Å². The second kappa shape index (κ2) is 7.80. The lowest BCUT2D eigenvalue weighted by Gasteiger charge is -2.24. The molecule has 6 nitrogen and oxygen atoms in total. The maximum Gasteiger partial charge on any atom is 0.206 e. The van der Waals surface area contributed by atoms with Crippen LogP contribution in [0.5, 0.6) is 11.5 Å². The van der Waals surface area contributed by atoms with Crippen LogP contribution in [0, 0.1) is 0 Å². The molecular weight excluding hydrogens is 376 g/mol. The highest BCUT2D eigenvalue weighted by Crippen LogP contribution is 2.37. The number of rotatable bonds is 4. The molecule has 0 radical (unpaired) electrons. The van der Waals surface area contributed by atoms with E-state index in [0.717, 1.165) is 59.8 Å². The number of aromatic nitrogens is 3. The highest BCUT2D eigenvalue weighted by Gasteiger charge is 2.26. The van der Waals surface area contributed by atoms with Crippen molar-refractivity contribution < 1.29 is 9.84 Å². The number of aliphatic hydroxyl groups excluding tert-OH is 1. The zero-order valence-corrected chi connectivity index (χ0v) is 16.6. The van der Waals surface area contributed by atoms with Gasteiger partial charge in [0.2, 0.25) is 5.95 Å². The van der Waals surface area contributed by atoms with Crippen molar-refractivity contribution in [2.45, 2.75) is 37.7 Å². The summed E-state index contributed by atoms with van der Waals surface area (Å²) in [6, 6.07) is 19.5. The fraction of sp³-hybridized carbons (Fsp3) is 0.250. The molecule has 1 saturated carbocycles. The molecule has 0 unspecified atom stereocenters. The molecule has 3 N–H and O–H groups in total. The Morgan fingerprint density at radius 3 is 2.33 bits per heavy atom. The summed E-state index contributed by atoms with van der Waals surface area (Å²) >= 11 is 0. The molecule has 0 atom stereocenters. The molecule has 4 aromatic rings. The number of aliphatic hydroxyl groups is 1. The van der Waals surface area contributed by atoms with Crippen molar-refractivity contribution in [3.05, 3.63) is 72.6 Å². The molecule has 1 aliphatic carbocycles. The molecule has 152 valence electrons. The van der Waals surface area contributed by atoms with E-state index < -0.39 is 0 Å². The quantitative estimate of drug-likeness (QED) is 0.514. The standard InChI is InChI=1S/C24H24N4O2/c25-24-26-15-14-21-22(16-6-10-18(29)11-7-16)27-23(28(21)24)17-8-12-20(13-9-17)30-19-4-2-1-3-5-19/h1-5,8-9,12-16,18,29H,6-7,10-11H2,(H2,25,26). The van der Waals surface area contributed by atoms with Crippen LogP contribution in [0.4, 0.5) is 5.95 Å². The predicted molar refractivity (Wildman–Crippen MR) is 117 cm³/mol. The summed E-state index contributed by atoms with van der Waals surface area (Å²) in [5.41, 5.74) is 9.22. The van der Waals surface area contributed by atoms with Gasteiger partial charge >= 0.3 is 0 Å². The predicted octanol–water partition coefficient (Wildman–Crippen LogP) is 4.79. The van der Waals surface area contributed by atoms with E-state index in [4.69, 9.17) is 15.5 Å². The molecule has 6 heteroatoms. The summed E-state index contributed by atoms with van der Waals surface area (Å²) in [7, 11) is 0. The van der Waals surface area contributed by atoms with Crippen LogP contribution in [0.1, 0.15) is 37.3 Å². The van der Waals surface area contributed by atoms with E-state index in [0.29, 0.717) is 11.9 Å². The minimum absolute atomic E-state index is 0.196. The van der Waals surface area contributed by atoms with Crippen molar-refractivity contribution in [2.24, 2.45) is 0 Å². The number of benzene rings is 2. The van der Waals surface area contributed by atoms with Crippen LogP contribution in [-0.4, -0.2) is 25.6 Å². The van der Waals surface area contributed by atoms with Gasteiger partial charge < -0.3 is 15.6 Å². The maximum atomic E-state index is 9.88. The molecule has 1 fully saturated rings. The van der Waals surface area contributed by atoms with Gasteiger partial charge in [-0.15, -0.1) is 0 Å². The normalized spacial score (nSPS) is 19.1. The summed E-state index contributed by atoms with van der Waals surface area (Å²) in [5.74, 6) is 3.08. The number of nitrogen functional groups attached to an aromatic ring is 1. The first kappa shape index (κ1) is 18.6. The summed E-state index contributed by atoms with van der Waals surface area (Å²) in [6.07, 6.45) is 5.02. The third-order valence-corrected chi connectivity index (χ3v) is 5.78. The zero-order valence-electron chi connectivity index (χ0n) is 16.6. The Kier molecular flexibility index (Phi) is 4.85. The number of fused-ring (bicyclic) bond motifs is 1. The number of ether oxygens (including phenoxy) is 1. The monoisotopic (exact) mass is 400 g/mol. The summed E-state index contributed by atoms with van der Waals surface area (Å²) in [6.45, 7) is 0. The number of nitrogens with two attached hydrogens (primary N) is 1. The molecule has 30 heavy (non-hydrogen) atoms. The van der Waals surface area contributed by atoms with Gasteiger partial charge in [-0.05, 0) is 68.1 Å². The van der Waals surface area contributed by atoms with E-state index in [1.165, 1.54) is 0 Å². The van der Waals surface area contributed by atoms with Crippen LogP contribution >= 0.6 is 0 Å². The van der Waals surface area contributed by atoms with Crippen molar-refractivity contribution in [3.63, 3.8) is 0 Å². The molecule has 0 spiro atoms. The number of imidazole rings is 1. The topological polar surface area (TPSA) is 85.7 Å². The van der Waals surface area contributed by atoms with Crippen molar-refractivity contribution in [1.82, 2.24) is 14.4 Å². The van der Waals surface area contributed by atoms with Gasteiger partial charge in [-0.1, -0.05) is 18.2 Å². The number of hydrogen-bond acceptors (Lipinski definition) is 5. The third-order valence-electron chi connectivity index (χ3n) is 5.78. The van der Waals surface area contributed by atoms with Crippen molar-refractivity contribution in [3.8, 4) is 22.9 Å². The van der Waals surface area contributed by atoms with E-state index in [2.05, 4.69) is 4.98 Å². The zero-order chi connectivity index (χ0) is 20.5. The van der Waals surface area contributed by atoms with Crippen LogP contribution in [0.2, 0.25) is 0 Å². The second-order valence-corrected chi connectivity index (χ2v) is 7.79. The van der Waals surface area contributed by atoms with E-state index in [9.17, 15) is 5.11 Å². The smallest absolute Gasteiger partial charge is 0.206 e. The molecule has 0 saturated heterocycles. The lowest BCUT2D eigenvalue weighted by molar-refractivity contribution is 0.122. The van der Waals surface area contributed by atoms with E-state index in [1.54, 1.807) is 6.20 Å². The van der Waals surface area contributed by atoms with Gasteiger partial charge in [0.15, 0.2) is 0 Å². The Balaban J connectivity index is 1.51. The number of hydrogen-bond donors (Lipinski definition) is 2. The first-order chi connectivity index (χ1) is 14.7. The molecule has 2 aromatic heterocycles. The van der Waals surface area contributed by atoms with Crippen LogP contribution in [0.25, 0.3) is 16.9 Å². The SMILES string of the molecule is Nc1nccc2c(C3CCC(O)CC3)nc(-c3ccc(Oc4ccccc4)cc3)n12. The first-order valence-electron chi connectivity index (χ1n) is 10.3. The fourth-order valence-corrected chi connectivity index (χ4v) is 4.22. The molecule has 0 bridgehead atoms. The number of para-hydroxylation sites is 1. The molecule has 2 aromatic carbocycles. The van der Waals surface area contributed by atoms with Gasteiger partial charge in [0.25, 0.3) is 0 Å². The van der Waals surface area contributed by atoms with E-state index in [-0.39, 0.29) is 6.10 Å². The average Bonchev–Trinajstić information content (AvgIpc) is 3.17. The third kappa shape index (κ3) is 3.50. The Morgan fingerprint density at radius 1 is 0.900 bits per heavy atom. The lowest BCUT2D eigenvalue weighted by Crippen LogP contribution is -2.17. The van der Waals surface area contributed by atoms with Gasteiger partial charge in [0.05, 0.1) is 17.3 Å². The molecule has 0 amide bonds. The largest absolute Gasteiger partial charge is 0.457 e. The van der Waals surface area contributed by atoms with Gasteiger partial charge in [-0.2, -0.15) is 0 Å². The molecule has 1 aliphatic rings. The summed E-state index contributed by atoms with van der Waals surface area (Å²) in [5, 5.41) is 9.88. The Labute approximate surface area is 175 Å². The lowest BCUT2D eigenvalue weighted by atomic mass is 9.85. The Morgan fingerprint density at radius 2 is 1.60 bits per heavy atom.